The molecule has 0 N–H and O–H groups in total. The number of ketones is 1. The highest BCUT2D eigenvalue weighted by Crippen LogP contribution is 2.52. The van der Waals surface area contributed by atoms with Gasteiger partial charge in [-0.05, 0) is 31.2 Å². The summed E-state index contributed by atoms with van der Waals surface area (Å²) in [5, 5.41) is 0. The van der Waals surface area contributed by atoms with Gasteiger partial charge in [-0.2, -0.15) is 0 Å². The van der Waals surface area contributed by atoms with Gasteiger partial charge in [-0.25, -0.2) is 0 Å². The van der Waals surface area contributed by atoms with Crippen molar-refractivity contribution in [2.45, 2.75) is 57.5 Å². The van der Waals surface area contributed by atoms with Crippen LogP contribution in [0.5, 0.6) is 0 Å². The minimum atomic E-state index is -0.615. The van der Waals surface area contributed by atoms with Gasteiger partial charge in [0.15, 0.2) is 5.78 Å². The third-order valence-electron chi connectivity index (χ3n) is 4.81. The first-order chi connectivity index (χ1) is 9.48. The van der Waals surface area contributed by atoms with Crippen LogP contribution < -0.4 is 0 Å². The number of carbonyl (C=O) groups excluding carboxylic acids is 1. The van der Waals surface area contributed by atoms with Crippen LogP contribution in [0.1, 0.15) is 39.2 Å². The first kappa shape index (κ1) is 13.8. The molecule has 1 aromatic rings. The summed E-state index contributed by atoms with van der Waals surface area (Å²) in [6.07, 6.45) is 1.29. The number of Topliss-reactive ketones (excluding diaryl/α,β-unsaturated/α-hetero) is 1. The second-order valence-corrected chi connectivity index (χ2v) is 6.50. The molecule has 2 aliphatic rings. The Morgan fingerprint density at radius 1 is 1.30 bits per heavy atom. The van der Waals surface area contributed by atoms with Crippen molar-refractivity contribution in [3.63, 3.8) is 0 Å². The van der Waals surface area contributed by atoms with Gasteiger partial charge in [0.1, 0.15) is 17.3 Å². The summed E-state index contributed by atoms with van der Waals surface area (Å²) >= 11 is 0. The summed E-state index contributed by atoms with van der Waals surface area (Å²) in [5.41, 5.74) is 0.0250. The van der Waals surface area contributed by atoms with Crippen molar-refractivity contribution in [1.82, 2.24) is 0 Å². The molecule has 2 saturated heterocycles. The summed E-state index contributed by atoms with van der Waals surface area (Å²) in [5.74, 6) is 0.333. The van der Waals surface area contributed by atoms with E-state index in [2.05, 4.69) is 13.8 Å². The van der Waals surface area contributed by atoms with Gasteiger partial charge in [0.05, 0.1) is 6.61 Å². The van der Waals surface area contributed by atoms with Gasteiger partial charge in [0, 0.05) is 0 Å². The molecular weight excluding hydrogens is 252 g/mol. The van der Waals surface area contributed by atoms with E-state index in [1.54, 1.807) is 0 Å². The summed E-state index contributed by atoms with van der Waals surface area (Å²) in [6.45, 7) is 6.59. The van der Waals surface area contributed by atoms with Crippen molar-refractivity contribution in [2.75, 3.05) is 0 Å². The fraction of sp³-hybridized carbons (Fsp3) is 0.588. The topological polar surface area (TPSA) is 35.5 Å². The zero-order valence-electron chi connectivity index (χ0n) is 12.4. The Labute approximate surface area is 120 Å². The molecule has 0 aromatic heterocycles. The van der Waals surface area contributed by atoms with E-state index in [9.17, 15) is 4.79 Å². The lowest BCUT2D eigenvalue weighted by Crippen LogP contribution is -2.48. The van der Waals surface area contributed by atoms with Crippen LogP contribution in [0.4, 0.5) is 0 Å². The van der Waals surface area contributed by atoms with E-state index in [0.29, 0.717) is 6.61 Å². The Kier molecular flexibility index (Phi) is 3.22. The van der Waals surface area contributed by atoms with Crippen LogP contribution in [0.2, 0.25) is 0 Å². The number of benzene rings is 1. The molecule has 3 atom stereocenters. The lowest BCUT2D eigenvalue weighted by Gasteiger charge is -2.30. The maximum Gasteiger partial charge on any atom is 0.196 e. The van der Waals surface area contributed by atoms with Gasteiger partial charge < -0.3 is 9.47 Å². The van der Waals surface area contributed by atoms with E-state index < -0.39 is 17.3 Å². The van der Waals surface area contributed by atoms with Gasteiger partial charge in [0.25, 0.3) is 0 Å². The highest BCUT2D eigenvalue weighted by molar-refractivity contribution is 5.96. The largest absolute Gasteiger partial charge is 0.363 e. The second kappa shape index (κ2) is 4.68. The molecule has 0 radical (unpaired) electrons. The average Bonchev–Trinajstić information content (AvgIpc) is 2.89. The molecule has 20 heavy (non-hydrogen) atoms. The zero-order valence-corrected chi connectivity index (χ0v) is 12.4. The molecule has 2 heterocycles. The van der Waals surface area contributed by atoms with Crippen molar-refractivity contribution in [3.8, 4) is 0 Å². The highest BCUT2D eigenvalue weighted by atomic mass is 16.6. The van der Waals surface area contributed by atoms with Crippen molar-refractivity contribution in [3.05, 3.63) is 35.9 Å². The summed E-state index contributed by atoms with van der Waals surface area (Å²) in [4.78, 5) is 12.7. The molecule has 3 heteroatoms. The van der Waals surface area contributed by atoms with Crippen LogP contribution in [0.15, 0.2) is 30.3 Å². The zero-order chi connectivity index (χ0) is 14.4. The Hall–Kier alpha value is -1.19. The molecule has 1 aromatic carbocycles. The van der Waals surface area contributed by atoms with Crippen molar-refractivity contribution in [1.29, 1.82) is 0 Å². The minimum absolute atomic E-state index is 0.136. The smallest absolute Gasteiger partial charge is 0.196 e. The third kappa shape index (κ3) is 1.92. The highest BCUT2D eigenvalue weighted by Gasteiger charge is 2.66. The second-order valence-electron chi connectivity index (χ2n) is 6.50. The molecule has 3 nitrogen and oxygen atoms in total. The average molecular weight is 274 g/mol. The van der Waals surface area contributed by atoms with Gasteiger partial charge in [-0.3, -0.25) is 4.79 Å². The number of hydrogen-bond acceptors (Lipinski definition) is 3. The van der Waals surface area contributed by atoms with E-state index >= 15 is 0 Å². The van der Waals surface area contributed by atoms with E-state index in [1.807, 2.05) is 37.3 Å². The molecule has 108 valence electrons. The Morgan fingerprint density at radius 3 is 2.60 bits per heavy atom. The summed E-state index contributed by atoms with van der Waals surface area (Å²) in [6, 6.07) is 9.97. The lowest BCUT2D eigenvalue weighted by molar-refractivity contribution is -0.139. The Morgan fingerprint density at radius 2 is 2.00 bits per heavy atom. The fourth-order valence-corrected chi connectivity index (χ4v) is 3.51. The molecule has 0 aliphatic carbocycles. The summed E-state index contributed by atoms with van der Waals surface area (Å²) in [7, 11) is 0. The predicted molar refractivity (Wildman–Crippen MR) is 76.3 cm³/mol. The van der Waals surface area contributed by atoms with E-state index in [-0.39, 0.29) is 11.7 Å². The van der Waals surface area contributed by atoms with Gasteiger partial charge in [-0.15, -0.1) is 0 Å². The van der Waals surface area contributed by atoms with E-state index in [1.165, 1.54) is 0 Å². The van der Waals surface area contributed by atoms with Crippen LogP contribution in [-0.2, 0) is 20.9 Å². The number of rotatable bonds is 4. The van der Waals surface area contributed by atoms with Crippen LogP contribution in [0, 0.1) is 5.92 Å². The summed E-state index contributed by atoms with van der Waals surface area (Å²) < 4.78 is 12.1. The van der Waals surface area contributed by atoms with Crippen LogP contribution in [0.25, 0.3) is 0 Å². The maximum absolute atomic E-state index is 12.7. The maximum atomic E-state index is 12.7. The van der Waals surface area contributed by atoms with E-state index in [4.69, 9.17) is 9.47 Å². The molecule has 0 unspecified atom stereocenters. The lowest BCUT2D eigenvalue weighted by atomic mass is 9.74. The van der Waals surface area contributed by atoms with Crippen molar-refractivity contribution >= 4 is 5.78 Å². The molecule has 3 rings (SSSR count). The number of hydrogen-bond donors (Lipinski definition) is 0. The molecule has 0 amide bonds. The Bertz CT molecular complexity index is 510. The van der Waals surface area contributed by atoms with Gasteiger partial charge in [-0.1, -0.05) is 44.2 Å². The molecule has 2 bridgehead atoms. The van der Waals surface area contributed by atoms with Crippen molar-refractivity contribution in [2.24, 2.45) is 5.92 Å². The van der Waals surface area contributed by atoms with E-state index in [0.717, 1.165) is 18.4 Å². The quantitative estimate of drug-likeness (QED) is 0.846. The number of fused-ring (bicyclic) bond motifs is 2. The standard InChI is InChI=1S/C17H22O3/c1-12(2)17-10-9-16(3,20-17)15(14(17)18)19-11-13-7-5-4-6-8-13/h4-8,12,15H,9-11H2,1-3H3/t15-,16+,17+/m1/s1. The normalized spacial score (nSPS) is 36.0. The number of carbonyl (C=O) groups is 1. The fourth-order valence-electron chi connectivity index (χ4n) is 3.51. The van der Waals surface area contributed by atoms with Crippen LogP contribution in [-0.4, -0.2) is 23.1 Å². The molecule has 2 fully saturated rings. The first-order valence-electron chi connectivity index (χ1n) is 7.38. The number of ether oxygens (including phenoxy) is 2. The minimum Gasteiger partial charge on any atom is -0.363 e. The third-order valence-corrected chi connectivity index (χ3v) is 4.81. The predicted octanol–water partition coefficient (Wildman–Crippen LogP) is 3.12. The SMILES string of the molecule is CC(C)[C@]12CC[C@](C)(O1)[C@H](OCc1ccccc1)C2=O. The van der Waals surface area contributed by atoms with Gasteiger partial charge in [0.2, 0.25) is 0 Å². The van der Waals surface area contributed by atoms with Crippen molar-refractivity contribution < 1.29 is 14.3 Å². The first-order valence-corrected chi connectivity index (χ1v) is 7.38. The molecule has 0 saturated carbocycles. The van der Waals surface area contributed by atoms with Gasteiger partial charge >= 0.3 is 0 Å². The molecule has 2 aliphatic heterocycles. The Balaban J connectivity index is 1.76. The van der Waals surface area contributed by atoms with Crippen LogP contribution >= 0.6 is 0 Å². The monoisotopic (exact) mass is 274 g/mol. The molecular formula is C17H22O3. The molecule has 0 spiro atoms. The van der Waals surface area contributed by atoms with Crippen LogP contribution in [0.3, 0.4) is 0 Å².